The quantitative estimate of drug-likeness (QED) is 0.764. The number of nitrogens with zero attached hydrogens (tertiary/aromatic N) is 1. The maximum absolute atomic E-state index is 12.5. The van der Waals surface area contributed by atoms with Crippen molar-refractivity contribution in [1.82, 2.24) is 10.3 Å². The largest absolute Gasteiger partial charge is 0.487 e. The van der Waals surface area contributed by atoms with E-state index in [0.717, 1.165) is 40.2 Å². The third-order valence-corrected chi connectivity index (χ3v) is 5.26. The topological polar surface area (TPSA) is 60.5 Å². The molecule has 0 spiro atoms. The minimum atomic E-state index is -0.464. The molecule has 2 aliphatic heterocycles. The second kappa shape index (κ2) is 7.00. The molecule has 140 valence electrons. The lowest BCUT2D eigenvalue weighted by Gasteiger charge is -2.15. The average molecular weight is 372 g/mol. The zero-order chi connectivity index (χ0) is 18.9. The van der Waals surface area contributed by atoms with Crippen LogP contribution in [0.15, 0.2) is 67.0 Å². The predicted octanol–water partition coefficient (Wildman–Crippen LogP) is 3.17. The number of benzene rings is 2. The van der Waals surface area contributed by atoms with Gasteiger partial charge in [-0.3, -0.25) is 9.78 Å². The van der Waals surface area contributed by atoms with Gasteiger partial charge in [0, 0.05) is 30.8 Å². The van der Waals surface area contributed by atoms with Crippen molar-refractivity contribution < 1.29 is 14.3 Å². The monoisotopic (exact) mass is 372 g/mol. The van der Waals surface area contributed by atoms with Gasteiger partial charge < -0.3 is 14.8 Å². The summed E-state index contributed by atoms with van der Waals surface area (Å²) in [5.41, 5.74) is 4.38. The fourth-order valence-electron chi connectivity index (χ4n) is 3.87. The van der Waals surface area contributed by atoms with Crippen LogP contribution in [0.2, 0.25) is 0 Å². The average Bonchev–Trinajstić information content (AvgIpc) is 3.36. The first-order valence-electron chi connectivity index (χ1n) is 9.49. The van der Waals surface area contributed by atoms with E-state index >= 15 is 0 Å². The Hall–Kier alpha value is -3.34. The zero-order valence-corrected chi connectivity index (χ0v) is 15.3. The van der Waals surface area contributed by atoms with Crippen LogP contribution >= 0.6 is 0 Å². The van der Waals surface area contributed by atoms with Crippen molar-refractivity contribution in [3.05, 3.63) is 78.1 Å². The van der Waals surface area contributed by atoms with Crippen LogP contribution in [0.25, 0.3) is 11.1 Å². The molecule has 3 heterocycles. The number of rotatable bonds is 4. The predicted molar refractivity (Wildman–Crippen MR) is 105 cm³/mol. The second-order valence-electron chi connectivity index (χ2n) is 7.14. The van der Waals surface area contributed by atoms with Crippen LogP contribution in [-0.2, 0) is 17.6 Å². The molecule has 0 aliphatic carbocycles. The van der Waals surface area contributed by atoms with Crippen molar-refractivity contribution in [2.45, 2.75) is 25.0 Å². The Kier molecular flexibility index (Phi) is 4.20. The fraction of sp³-hybridized carbons (Fsp3) is 0.217. The summed E-state index contributed by atoms with van der Waals surface area (Å²) in [7, 11) is 0. The van der Waals surface area contributed by atoms with Crippen molar-refractivity contribution >= 4 is 5.91 Å². The van der Waals surface area contributed by atoms with Crippen LogP contribution in [0.1, 0.15) is 11.1 Å². The van der Waals surface area contributed by atoms with Crippen molar-refractivity contribution in [2.75, 3.05) is 6.54 Å². The molecule has 5 nitrogen and oxygen atoms in total. The molecule has 5 rings (SSSR count). The highest BCUT2D eigenvalue weighted by Crippen LogP contribution is 2.38. The van der Waals surface area contributed by atoms with Crippen LogP contribution in [-0.4, -0.2) is 29.6 Å². The SMILES string of the molecule is O=C(NC[C@H]1Cc2cccc(-c3ccncc3)c2O1)[C@@H]1Cc2ccccc2O1. The maximum atomic E-state index is 12.5. The number of amides is 1. The molecule has 1 N–H and O–H groups in total. The summed E-state index contributed by atoms with van der Waals surface area (Å²) < 4.78 is 12.0. The number of hydrogen-bond donors (Lipinski definition) is 1. The molecular formula is C23H20N2O3. The molecule has 2 aliphatic rings. The summed E-state index contributed by atoms with van der Waals surface area (Å²) in [6.07, 6.45) is 4.40. The Balaban J connectivity index is 1.23. The van der Waals surface area contributed by atoms with E-state index in [-0.39, 0.29) is 12.0 Å². The number of ether oxygens (including phenoxy) is 2. The molecule has 2 aromatic carbocycles. The number of aromatic nitrogens is 1. The molecule has 0 unspecified atom stereocenters. The number of carbonyl (C=O) groups is 1. The summed E-state index contributed by atoms with van der Waals surface area (Å²) >= 11 is 0. The molecule has 3 aromatic rings. The number of para-hydroxylation sites is 2. The van der Waals surface area contributed by atoms with Crippen molar-refractivity contribution in [2.24, 2.45) is 0 Å². The molecule has 0 bridgehead atoms. The summed E-state index contributed by atoms with van der Waals surface area (Å²) in [6, 6.07) is 17.9. The first-order valence-corrected chi connectivity index (χ1v) is 9.49. The van der Waals surface area contributed by atoms with Crippen molar-refractivity contribution in [1.29, 1.82) is 0 Å². The van der Waals surface area contributed by atoms with E-state index in [1.54, 1.807) is 12.4 Å². The lowest BCUT2D eigenvalue weighted by atomic mass is 10.0. The van der Waals surface area contributed by atoms with Crippen molar-refractivity contribution in [3.8, 4) is 22.6 Å². The van der Waals surface area contributed by atoms with E-state index in [1.165, 1.54) is 0 Å². The maximum Gasteiger partial charge on any atom is 0.261 e. The van der Waals surface area contributed by atoms with E-state index in [2.05, 4.69) is 22.4 Å². The highest BCUT2D eigenvalue weighted by atomic mass is 16.5. The molecule has 1 amide bonds. The Morgan fingerprint density at radius 2 is 1.79 bits per heavy atom. The number of fused-ring (bicyclic) bond motifs is 2. The van der Waals surface area contributed by atoms with Gasteiger partial charge in [0.05, 0.1) is 6.54 Å². The van der Waals surface area contributed by atoms with Gasteiger partial charge in [0.1, 0.15) is 17.6 Å². The minimum absolute atomic E-state index is 0.0780. The molecule has 0 saturated carbocycles. The first kappa shape index (κ1) is 16.8. The van der Waals surface area contributed by atoms with Gasteiger partial charge in [-0.25, -0.2) is 0 Å². The number of pyridine rings is 1. The van der Waals surface area contributed by atoms with Crippen LogP contribution in [0, 0.1) is 0 Å². The van der Waals surface area contributed by atoms with E-state index in [1.807, 2.05) is 42.5 Å². The van der Waals surface area contributed by atoms with E-state index in [0.29, 0.717) is 13.0 Å². The molecule has 0 fully saturated rings. The van der Waals surface area contributed by atoms with E-state index in [4.69, 9.17) is 9.47 Å². The standard InChI is InChI=1S/C23H20N2O3/c26-23(21-13-16-4-1-2-7-20(16)28-21)25-14-18-12-17-5-3-6-19(22(17)27-18)15-8-10-24-11-9-15/h1-11,18,21H,12-14H2,(H,25,26)/t18-,21+/m1/s1. The number of carbonyl (C=O) groups excluding carboxylic acids is 1. The normalized spacial score (nSPS) is 19.3. The Labute approximate surface area is 163 Å². The van der Waals surface area contributed by atoms with Gasteiger partial charge in [0.2, 0.25) is 0 Å². The summed E-state index contributed by atoms with van der Waals surface area (Å²) in [6.45, 7) is 0.458. The van der Waals surface area contributed by atoms with Gasteiger partial charge in [-0.1, -0.05) is 36.4 Å². The van der Waals surface area contributed by atoms with Gasteiger partial charge in [0.15, 0.2) is 6.10 Å². The molecule has 1 aromatic heterocycles. The van der Waals surface area contributed by atoms with Gasteiger partial charge in [-0.15, -0.1) is 0 Å². The van der Waals surface area contributed by atoms with E-state index < -0.39 is 6.10 Å². The smallest absolute Gasteiger partial charge is 0.261 e. The fourth-order valence-corrected chi connectivity index (χ4v) is 3.87. The van der Waals surface area contributed by atoms with Gasteiger partial charge in [-0.05, 0) is 34.9 Å². The first-order chi connectivity index (χ1) is 13.8. The second-order valence-corrected chi connectivity index (χ2v) is 7.14. The third kappa shape index (κ3) is 3.09. The Morgan fingerprint density at radius 1 is 0.964 bits per heavy atom. The number of nitrogens with one attached hydrogen (secondary N) is 1. The molecule has 0 saturated heterocycles. The Bertz CT molecular complexity index is 994. The van der Waals surface area contributed by atoms with Crippen LogP contribution < -0.4 is 14.8 Å². The molecule has 2 atom stereocenters. The van der Waals surface area contributed by atoms with Crippen LogP contribution in [0.5, 0.6) is 11.5 Å². The minimum Gasteiger partial charge on any atom is -0.487 e. The highest BCUT2D eigenvalue weighted by molar-refractivity contribution is 5.82. The molecule has 5 heteroatoms. The Morgan fingerprint density at radius 3 is 2.64 bits per heavy atom. The summed E-state index contributed by atoms with van der Waals surface area (Å²) in [5.74, 6) is 1.61. The molecular weight excluding hydrogens is 352 g/mol. The van der Waals surface area contributed by atoms with E-state index in [9.17, 15) is 4.79 Å². The lowest BCUT2D eigenvalue weighted by molar-refractivity contribution is -0.127. The van der Waals surface area contributed by atoms with Crippen molar-refractivity contribution in [3.63, 3.8) is 0 Å². The summed E-state index contributed by atoms with van der Waals surface area (Å²) in [5, 5.41) is 3.00. The highest BCUT2D eigenvalue weighted by Gasteiger charge is 2.31. The molecule has 0 radical (unpaired) electrons. The third-order valence-electron chi connectivity index (χ3n) is 5.26. The van der Waals surface area contributed by atoms with Crippen LogP contribution in [0.3, 0.4) is 0 Å². The van der Waals surface area contributed by atoms with Gasteiger partial charge in [0.25, 0.3) is 5.91 Å². The zero-order valence-electron chi connectivity index (χ0n) is 15.3. The summed E-state index contributed by atoms with van der Waals surface area (Å²) in [4.78, 5) is 16.6. The lowest BCUT2D eigenvalue weighted by Crippen LogP contribution is -2.42. The van der Waals surface area contributed by atoms with Gasteiger partial charge >= 0.3 is 0 Å². The van der Waals surface area contributed by atoms with Crippen LogP contribution in [0.4, 0.5) is 0 Å². The van der Waals surface area contributed by atoms with Gasteiger partial charge in [-0.2, -0.15) is 0 Å². The molecule has 28 heavy (non-hydrogen) atoms. The number of hydrogen-bond acceptors (Lipinski definition) is 4.